The van der Waals surface area contributed by atoms with Gasteiger partial charge in [-0.15, -0.1) is 0 Å². The number of H-pyrrole nitrogens is 1. The van der Waals surface area contributed by atoms with Gasteiger partial charge in [-0.25, -0.2) is 4.98 Å². The topological polar surface area (TPSA) is 75.0 Å². The molecule has 0 aliphatic heterocycles. The summed E-state index contributed by atoms with van der Waals surface area (Å²) in [5.74, 6) is 0.366. The molecule has 2 rings (SSSR count). The lowest BCUT2D eigenvalue weighted by Gasteiger charge is -2.15. The summed E-state index contributed by atoms with van der Waals surface area (Å²) >= 11 is 0. The number of aromatic nitrogens is 3. The van der Waals surface area contributed by atoms with Crippen LogP contribution in [-0.4, -0.2) is 33.0 Å². The zero-order chi connectivity index (χ0) is 14.9. The molecule has 1 N–H and O–H groups in total. The van der Waals surface area contributed by atoms with E-state index in [1.807, 2.05) is 6.07 Å². The van der Waals surface area contributed by atoms with Crippen LogP contribution < -0.4 is 0 Å². The minimum absolute atomic E-state index is 0.0139. The summed E-state index contributed by atoms with van der Waals surface area (Å²) in [6.45, 7) is 8.47. The van der Waals surface area contributed by atoms with Crippen molar-refractivity contribution in [2.75, 3.05) is 7.05 Å². The van der Waals surface area contributed by atoms with Crippen LogP contribution in [0, 0.1) is 6.92 Å². The molecule has 2 heterocycles. The predicted molar refractivity (Wildman–Crippen MR) is 74.3 cm³/mol. The molecule has 0 spiro atoms. The van der Waals surface area contributed by atoms with E-state index in [1.54, 1.807) is 18.9 Å². The first-order chi connectivity index (χ1) is 9.29. The fraction of sp³-hybridized carbons (Fsp3) is 0.500. The van der Waals surface area contributed by atoms with E-state index in [1.165, 1.54) is 6.39 Å². The quantitative estimate of drug-likeness (QED) is 0.933. The Bertz CT molecular complexity index is 607. The van der Waals surface area contributed by atoms with Gasteiger partial charge in [0, 0.05) is 12.5 Å². The van der Waals surface area contributed by atoms with Crippen LogP contribution >= 0.6 is 0 Å². The maximum Gasteiger partial charge on any atom is 0.276 e. The van der Waals surface area contributed by atoms with Gasteiger partial charge >= 0.3 is 0 Å². The Morgan fingerprint density at radius 3 is 2.65 bits per heavy atom. The van der Waals surface area contributed by atoms with Crippen LogP contribution in [0.1, 0.15) is 48.4 Å². The second-order valence-electron chi connectivity index (χ2n) is 5.95. The van der Waals surface area contributed by atoms with Crippen molar-refractivity contribution in [2.45, 2.75) is 39.7 Å². The number of amides is 1. The van der Waals surface area contributed by atoms with Crippen LogP contribution in [-0.2, 0) is 12.0 Å². The van der Waals surface area contributed by atoms with Gasteiger partial charge < -0.3 is 9.32 Å². The number of rotatable bonds is 3. The third kappa shape index (κ3) is 2.89. The summed E-state index contributed by atoms with van der Waals surface area (Å²) in [5.41, 5.74) is 2.21. The second kappa shape index (κ2) is 5.11. The lowest BCUT2D eigenvalue weighted by Crippen LogP contribution is -2.27. The number of oxazole rings is 1. The van der Waals surface area contributed by atoms with Crippen LogP contribution in [0.15, 0.2) is 16.9 Å². The highest BCUT2D eigenvalue weighted by molar-refractivity contribution is 5.92. The molecular formula is C14H20N4O2. The summed E-state index contributed by atoms with van der Waals surface area (Å²) in [5, 5.41) is 7.25. The van der Waals surface area contributed by atoms with Gasteiger partial charge in [-0.3, -0.25) is 9.89 Å². The SMILES string of the molecule is Cc1ocnc1C(=O)N(C)Cc1cc(C(C)(C)C)n[nH]1. The molecule has 0 saturated heterocycles. The molecule has 0 aliphatic rings. The Morgan fingerprint density at radius 2 is 2.15 bits per heavy atom. The van der Waals surface area contributed by atoms with Crippen molar-refractivity contribution in [3.8, 4) is 0 Å². The maximum absolute atomic E-state index is 12.2. The monoisotopic (exact) mass is 276 g/mol. The predicted octanol–water partition coefficient (Wildman–Crippen LogP) is 2.28. The Labute approximate surface area is 118 Å². The lowest BCUT2D eigenvalue weighted by atomic mass is 9.92. The van der Waals surface area contributed by atoms with Crippen molar-refractivity contribution in [2.24, 2.45) is 0 Å². The Hall–Kier alpha value is -2.11. The third-order valence-corrected chi connectivity index (χ3v) is 3.10. The zero-order valence-corrected chi connectivity index (χ0v) is 12.5. The normalized spacial score (nSPS) is 11.7. The molecule has 6 heteroatoms. The first kappa shape index (κ1) is 14.3. The molecule has 2 aromatic rings. The molecule has 0 fully saturated rings. The van der Waals surface area contributed by atoms with Crippen LogP contribution in [0.25, 0.3) is 0 Å². The molecule has 0 atom stereocenters. The van der Waals surface area contributed by atoms with Crippen LogP contribution in [0.5, 0.6) is 0 Å². The number of aromatic amines is 1. The number of carbonyl (C=O) groups is 1. The third-order valence-electron chi connectivity index (χ3n) is 3.10. The van der Waals surface area contributed by atoms with Crippen LogP contribution in [0.2, 0.25) is 0 Å². The lowest BCUT2D eigenvalue weighted by molar-refractivity contribution is 0.0776. The highest BCUT2D eigenvalue weighted by Gasteiger charge is 2.21. The summed E-state index contributed by atoms with van der Waals surface area (Å²) in [6.07, 6.45) is 1.28. The van der Waals surface area contributed by atoms with E-state index in [2.05, 4.69) is 36.0 Å². The number of carbonyl (C=O) groups excluding carboxylic acids is 1. The minimum atomic E-state index is -0.164. The van der Waals surface area contributed by atoms with E-state index in [-0.39, 0.29) is 11.3 Å². The van der Waals surface area contributed by atoms with Gasteiger partial charge in [0.1, 0.15) is 5.76 Å². The van der Waals surface area contributed by atoms with E-state index < -0.39 is 0 Å². The molecule has 2 aromatic heterocycles. The molecule has 20 heavy (non-hydrogen) atoms. The maximum atomic E-state index is 12.2. The van der Waals surface area contributed by atoms with Gasteiger partial charge in [-0.1, -0.05) is 20.8 Å². The smallest absolute Gasteiger partial charge is 0.276 e. The Balaban J connectivity index is 2.08. The standard InChI is InChI=1S/C14H20N4O2/c1-9-12(15-8-20-9)13(19)18(5)7-10-6-11(17-16-10)14(2,3)4/h6,8H,7H2,1-5H3,(H,16,17). The van der Waals surface area contributed by atoms with Gasteiger partial charge in [0.2, 0.25) is 0 Å². The number of aryl methyl sites for hydroxylation is 1. The summed E-state index contributed by atoms with van der Waals surface area (Å²) < 4.78 is 5.06. The fourth-order valence-corrected chi connectivity index (χ4v) is 1.85. The van der Waals surface area contributed by atoms with E-state index in [4.69, 9.17) is 4.42 Å². The molecule has 0 aromatic carbocycles. The van der Waals surface area contributed by atoms with Crippen molar-refractivity contribution in [3.63, 3.8) is 0 Å². The highest BCUT2D eigenvalue weighted by atomic mass is 16.3. The van der Waals surface area contributed by atoms with Crippen LogP contribution in [0.3, 0.4) is 0 Å². The van der Waals surface area contributed by atoms with E-state index in [0.717, 1.165) is 11.4 Å². The minimum Gasteiger partial charge on any atom is -0.448 e. The molecule has 0 unspecified atom stereocenters. The zero-order valence-electron chi connectivity index (χ0n) is 12.5. The van der Waals surface area contributed by atoms with Gasteiger partial charge in [0.15, 0.2) is 12.1 Å². The number of nitrogens with zero attached hydrogens (tertiary/aromatic N) is 3. The van der Waals surface area contributed by atoms with Crippen molar-refractivity contribution < 1.29 is 9.21 Å². The first-order valence-corrected chi connectivity index (χ1v) is 6.49. The summed E-state index contributed by atoms with van der Waals surface area (Å²) in [7, 11) is 1.73. The van der Waals surface area contributed by atoms with Crippen molar-refractivity contribution in [1.82, 2.24) is 20.1 Å². The second-order valence-corrected chi connectivity index (χ2v) is 5.95. The molecule has 0 saturated carbocycles. The Kier molecular flexibility index (Phi) is 3.65. The molecule has 0 aliphatic carbocycles. The molecule has 108 valence electrons. The molecule has 6 nitrogen and oxygen atoms in total. The largest absolute Gasteiger partial charge is 0.448 e. The van der Waals surface area contributed by atoms with Gasteiger partial charge in [0.05, 0.1) is 17.9 Å². The molecule has 1 amide bonds. The van der Waals surface area contributed by atoms with Crippen molar-refractivity contribution in [3.05, 3.63) is 35.3 Å². The van der Waals surface area contributed by atoms with E-state index in [9.17, 15) is 4.79 Å². The van der Waals surface area contributed by atoms with Gasteiger partial charge in [-0.05, 0) is 13.0 Å². The van der Waals surface area contributed by atoms with Crippen LogP contribution in [0.4, 0.5) is 0 Å². The fourth-order valence-electron chi connectivity index (χ4n) is 1.85. The molecule has 0 radical (unpaired) electrons. The van der Waals surface area contributed by atoms with Gasteiger partial charge in [-0.2, -0.15) is 5.10 Å². The van der Waals surface area contributed by atoms with Crippen molar-refractivity contribution >= 4 is 5.91 Å². The van der Waals surface area contributed by atoms with Gasteiger partial charge in [0.25, 0.3) is 5.91 Å². The highest BCUT2D eigenvalue weighted by Crippen LogP contribution is 2.20. The summed E-state index contributed by atoms with van der Waals surface area (Å²) in [6, 6.07) is 1.99. The Morgan fingerprint density at radius 1 is 1.45 bits per heavy atom. The number of hydrogen-bond acceptors (Lipinski definition) is 4. The number of hydrogen-bond donors (Lipinski definition) is 1. The average molecular weight is 276 g/mol. The summed E-state index contributed by atoms with van der Waals surface area (Å²) in [4.78, 5) is 17.7. The molecule has 0 bridgehead atoms. The average Bonchev–Trinajstić information content (AvgIpc) is 2.96. The number of nitrogens with one attached hydrogen (secondary N) is 1. The first-order valence-electron chi connectivity index (χ1n) is 6.49. The van der Waals surface area contributed by atoms with E-state index >= 15 is 0 Å². The van der Waals surface area contributed by atoms with E-state index in [0.29, 0.717) is 18.0 Å². The van der Waals surface area contributed by atoms with Crippen molar-refractivity contribution in [1.29, 1.82) is 0 Å². The molecular weight excluding hydrogens is 256 g/mol.